The van der Waals surface area contributed by atoms with Crippen LogP contribution in [-0.2, 0) is 0 Å². The van der Waals surface area contributed by atoms with Crippen LogP contribution in [0.2, 0.25) is 0 Å². The van der Waals surface area contributed by atoms with Gasteiger partial charge in [-0.2, -0.15) is 0 Å². The Balaban J connectivity index is 1.85. The molecule has 2 rings (SSSR count). The highest BCUT2D eigenvalue weighted by Gasteiger charge is 2.22. The van der Waals surface area contributed by atoms with Crippen molar-refractivity contribution in [1.82, 2.24) is 4.98 Å². The fraction of sp³-hybridized carbons (Fsp3) is 0.409. The number of thiazole rings is 1. The molecule has 0 N–H and O–H groups in total. The van der Waals surface area contributed by atoms with Crippen LogP contribution in [0.4, 0.5) is 0 Å². The zero-order valence-corrected chi connectivity index (χ0v) is 18.7. The molecular formula is C22H29NS3. The second-order valence-electron chi connectivity index (χ2n) is 7.04. The first-order valence-corrected chi connectivity index (χ1v) is 12.0. The molecule has 1 atom stereocenters. The third kappa shape index (κ3) is 6.98. The van der Waals surface area contributed by atoms with Gasteiger partial charge in [-0.05, 0) is 76.3 Å². The average molecular weight is 404 g/mol. The Labute approximate surface area is 170 Å². The maximum absolute atomic E-state index is 4.72. The van der Waals surface area contributed by atoms with E-state index in [1.54, 1.807) is 22.1 Å². The first kappa shape index (κ1) is 21.3. The lowest BCUT2D eigenvalue weighted by Crippen LogP contribution is -2.14. The monoisotopic (exact) mass is 403 g/mol. The van der Waals surface area contributed by atoms with Crippen LogP contribution in [0.5, 0.6) is 0 Å². The van der Waals surface area contributed by atoms with Crippen LogP contribution in [0.25, 0.3) is 10.2 Å². The van der Waals surface area contributed by atoms with E-state index < -0.39 is 0 Å². The highest BCUT2D eigenvalue weighted by atomic mass is 33.1. The molecule has 0 saturated carbocycles. The maximum Gasteiger partial charge on any atom is 0.161 e. The minimum absolute atomic E-state index is 0.0548. The molecule has 0 aliphatic carbocycles. The van der Waals surface area contributed by atoms with Gasteiger partial charge in [-0.1, -0.05) is 52.3 Å². The summed E-state index contributed by atoms with van der Waals surface area (Å²) >= 11 is 1.77. The molecule has 0 fully saturated rings. The lowest BCUT2D eigenvalue weighted by molar-refractivity contribution is 0.710. The Bertz CT molecular complexity index is 751. The molecular weight excluding hydrogens is 374 g/mol. The van der Waals surface area contributed by atoms with Gasteiger partial charge in [0.15, 0.2) is 4.34 Å². The van der Waals surface area contributed by atoms with Gasteiger partial charge in [0.25, 0.3) is 0 Å². The molecule has 0 spiro atoms. The molecule has 1 nitrogen and oxygen atoms in total. The summed E-state index contributed by atoms with van der Waals surface area (Å²) in [6.45, 7) is 12.9. The summed E-state index contributed by atoms with van der Waals surface area (Å²) in [6, 6.07) is 8.33. The third-order valence-corrected chi connectivity index (χ3v) is 8.82. The summed E-state index contributed by atoms with van der Waals surface area (Å²) in [7, 11) is 3.65. The van der Waals surface area contributed by atoms with Crippen LogP contribution in [0.1, 0.15) is 53.4 Å². The van der Waals surface area contributed by atoms with Crippen molar-refractivity contribution < 1.29 is 0 Å². The second-order valence-corrected chi connectivity index (χ2v) is 11.0. The van der Waals surface area contributed by atoms with E-state index in [0.29, 0.717) is 0 Å². The molecule has 0 aliphatic heterocycles. The molecule has 1 unspecified atom stereocenters. The number of para-hydroxylation sites is 1. The number of hydrogen-bond donors (Lipinski definition) is 0. The summed E-state index contributed by atoms with van der Waals surface area (Å²) < 4.78 is 2.43. The molecule has 0 bridgehead atoms. The Hall–Kier alpha value is -0.970. The topological polar surface area (TPSA) is 12.9 Å². The Morgan fingerprint density at radius 3 is 2.65 bits per heavy atom. The van der Waals surface area contributed by atoms with Crippen molar-refractivity contribution in [3.63, 3.8) is 0 Å². The van der Waals surface area contributed by atoms with Crippen LogP contribution >= 0.6 is 32.9 Å². The number of benzene rings is 1. The number of rotatable bonds is 10. The molecule has 26 heavy (non-hydrogen) atoms. The van der Waals surface area contributed by atoms with Crippen molar-refractivity contribution in [3.8, 4) is 0 Å². The molecule has 1 aromatic heterocycles. The zero-order chi connectivity index (χ0) is 19.0. The number of nitrogens with zero attached hydrogens (tertiary/aromatic N) is 1. The molecule has 0 saturated heterocycles. The SMILES string of the molecule is C=CC(C)(CCC=C(C)CCC=C(C)C)SSc1nc2ccccc2s1. The molecule has 140 valence electrons. The van der Waals surface area contributed by atoms with Gasteiger partial charge < -0.3 is 0 Å². The molecule has 4 heteroatoms. The van der Waals surface area contributed by atoms with Gasteiger partial charge >= 0.3 is 0 Å². The summed E-state index contributed by atoms with van der Waals surface area (Å²) in [6.07, 6.45) is 11.3. The lowest BCUT2D eigenvalue weighted by Gasteiger charge is -2.23. The van der Waals surface area contributed by atoms with Crippen molar-refractivity contribution in [2.24, 2.45) is 0 Å². The minimum atomic E-state index is 0.0548. The average Bonchev–Trinajstić information content (AvgIpc) is 3.03. The third-order valence-electron chi connectivity index (χ3n) is 4.23. The lowest BCUT2D eigenvalue weighted by atomic mass is 10.0. The standard InChI is InChI=1S/C22H29NS3/c1-6-22(5,16-10-13-18(4)12-9-11-17(2)3)26-25-21-23-19-14-7-8-15-20(19)24-21/h6-8,11,13-15H,1,9-10,12,16H2,2-5H3. The van der Waals surface area contributed by atoms with Crippen LogP contribution in [0.15, 0.2) is 64.6 Å². The smallest absolute Gasteiger partial charge is 0.161 e. The van der Waals surface area contributed by atoms with Gasteiger partial charge in [-0.15, -0.1) is 17.9 Å². The van der Waals surface area contributed by atoms with Gasteiger partial charge in [0.2, 0.25) is 0 Å². The largest absolute Gasteiger partial charge is 0.229 e. The predicted molar refractivity (Wildman–Crippen MR) is 123 cm³/mol. The van der Waals surface area contributed by atoms with Crippen molar-refractivity contribution in [3.05, 3.63) is 60.2 Å². The zero-order valence-electron chi connectivity index (χ0n) is 16.2. The van der Waals surface area contributed by atoms with E-state index in [1.165, 1.54) is 15.8 Å². The molecule has 0 aliphatic rings. The van der Waals surface area contributed by atoms with E-state index in [1.807, 2.05) is 16.9 Å². The van der Waals surface area contributed by atoms with Gasteiger partial charge in [-0.25, -0.2) is 4.98 Å². The Kier molecular flexibility index (Phi) is 8.52. The van der Waals surface area contributed by atoms with Crippen molar-refractivity contribution in [1.29, 1.82) is 0 Å². The molecule has 1 aromatic carbocycles. The number of allylic oxidation sites excluding steroid dienone is 4. The van der Waals surface area contributed by atoms with Crippen LogP contribution < -0.4 is 0 Å². The van der Waals surface area contributed by atoms with Gasteiger partial charge in [0, 0.05) is 4.75 Å². The number of hydrogen-bond acceptors (Lipinski definition) is 4. The number of aromatic nitrogens is 1. The first-order valence-electron chi connectivity index (χ1n) is 9.06. The Morgan fingerprint density at radius 2 is 1.96 bits per heavy atom. The van der Waals surface area contributed by atoms with Crippen molar-refractivity contribution >= 4 is 43.1 Å². The molecule has 0 amide bonds. The summed E-state index contributed by atoms with van der Waals surface area (Å²) in [5.74, 6) is 0. The predicted octanol–water partition coefficient (Wildman–Crippen LogP) is 8.45. The van der Waals surface area contributed by atoms with Gasteiger partial charge in [0.05, 0.1) is 10.2 Å². The molecule has 0 radical (unpaired) electrons. The quantitative estimate of drug-likeness (QED) is 0.292. The normalized spacial score (nSPS) is 14.2. The minimum Gasteiger partial charge on any atom is -0.229 e. The van der Waals surface area contributed by atoms with Crippen molar-refractivity contribution in [2.45, 2.75) is 62.5 Å². The van der Waals surface area contributed by atoms with E-state index in [0.717, 1.165) is 35.5 Å². The van der Waals surface area contributed by atoms with Crippen LogP contribution in [0, 0.1) is 0 Å². The van der Waals surface area contributed by atoms with E-state index >= 15 is 0 Å². The maximum atomic E-state index is 4.72. The van der Waals surface area contributed by atoms with E-state index in [2.05, 4.69) is 70.7 Å². The summed E-state index contributed by atoms with van der Waals surface area (Å²) in [4.78, 5) is 4.72. The van der Waals surface area contributed by atoms with Crippen LogP contribution in [-0.4, -0.2) is 9.73 Å². The Morgan fingerprint density at radius 1 is 1.19 bits per heavy atom. The number of fused-ring (bicyclic) bond motifs is 1. The van der Waals surface area contributed by atoms with E-state index in [9.17, 15) is 0 Å². The van der Waals surface area contributed by atoms with Crippen molar-refractivity contribution in [2.75, 3.05) is 0 Å². The first-order chi connectivity index (χ1) is 12.4. The molecule has 2 aromatic rings. The fourth-order valence-electron chi connectivity index (χ4n) is 2.49. The van der Waals surface area contributed by atoms with Gasteiger partial charge in [0.1, 0.15) is 0 Å². The summed E-state index contributed by atoms with van der Waals surface area (Å²) in [5, 5.41) is 0. The highest BCUT2D eigenvalue weighted by Crippen LogP contribution is 2.46. The van der Waals surface area contributed by atoms with E-state index in [-0.39, 0.29) is 4.75 Å². The van der Waals surface area contributed by atoms with Crippen LogP contribution in [0.3, 0.4) is 0 Å². The second kappa shape index (κ2) is 10.4. The summed E-state index contributed by atoms with van der Waals surface area (Å²) in [5.41, 5.74) is 3.98. The molecule has 1 heterocycles. The van der Waals surface area contributed by atoms with E-state index in [4.69, 9.17) is 4.98 Å². The highest BCUT2D eigenvalue weighted by molar-refractivity contribution is 8.77. The van der Waals surface area contributed by atoms with Gasteiger partial charge in [-0.3, -0.25) is 0 Å². The fourth-order valence-corrected chi connectivity index (χ4v) is 6.22.